The van der Waals surface area contributed by atoms with Crippen molar-refractivity contribution in [1.82, 2.24) is 5.32 Å². The van der Waals surface area contributed by atoms with Crippen LogP contribution in [0.25, 0.3) is 5.57 Å². The van der Waals surface area contributed by atoms with Gasteiger partial charge in [-0.05, 0) is 73.5 Å². The summed E-state index contributed by atoms with van der Waals surface area (Å²) >= 11 is 0. The first kappa shape index (κ1) is 21.8. The lowest BCUT2D eigenvalue weighted by Gasteiger charge is -2.32. The van der Waals surface area contributed by atoms with Gasteiger partial charge < -0.3 is 10.1 Å². The highest BCUT2D eigenvalue weighted by Gasteiger charge is 2.30. The van der Waals surface area contributed by atoms with Gasteiger partial charge in [0.05, 0.1) is 0 Å². The zero-order valence-corrected chi connectivity index (χ0v) is 19.2. The molecule has 0 spiro atoms. The van der Waals surface area contributed by atoms with Crippen LogP contribution in [0.1, 0.15) is 80.9 Å². The third kappa shape index (κ3) is 5.26. The highest BCUT2D eigenvalue weighted by Crippen LogP contribution is 2.42. The van der Waals surface area contributed by atoms with Gasteiger partial charge in [0.25, 0.3) is 0 Å². The highest BCUT2D eigenvalue weighted by molar-refractivity contribution is 5.69. The topological polar surface area (TPSA) is 21.3 Å². The first-order chi connectivity index (χ1) is 14.6. The van der Waals surface area contributed by atoms with Crippen molar-refractivity contribution in [2.75, 3.05) is 19.8 Å². The van der Waals surface area contributed by atoms with Gasteiger partial charge >= 0.3 is 0 Å². The average molecular weight is 408 g/mol. The van der Waals surface area contributed by atoms with E-state index in [9.17, 15) is 0 Å². The van der Waals surface area contributed by atoms with Crippen molar-refractivity contribution in [2.24, 2.45) is 17.8 Å². The molecule has 1 saturated heterocycles. The summed E-state index contributed by atoms with van der Waals surface area (Å²) in [4.78, 5) is 0. The fraction of sp³-hybridized carbons (Fsp3) is 0.643. The van der Waals surface area contributed by atoms with E-state index in [1.807, 2.05) is 0 Å². The second-order valence-electron chi connectivity index (χ2n) is 10.1. The molecule has 3 unspecified atom stereocenters. The predicted molar refractivity (Wildman–Crippen MR) is 128 cm³/mol. The maximum atomic E-state index is 5.58. The Morgan fingerprint density at radius 1 is 1.10 bits per heavy atom. The molecule has 1 aliphatic heterocycles. The zero-order chi connectivity index (χ0) is 20.9. The summed E-state index contributed by atoms with van der Waals surface area (Å²) in [5.74, 6) is 2.49. The Morgan fingerprint density at radius 2 is 1.87 bits per heavy atom. The van der Waals surface area contributed by atoms with E-state index >= 15 is 0 Å². The van der Waals surface area contributed by atoms with Crippen LogP contribution in [0.3, 0.4) is 0 Å². The number of aryl methyl sites for hydroxylation is 1. The van der Waals surface area contributed by atoms with Crippen LogP contribution in [0.2, 0.25) is 0 Å². The average Bonchev–Trinajstić information content (AvgIpc) is 3.21. The van der Waals surface area contributed by atoms with Crippen LogP contribution in [0.5, 0.6) is 0 Å². The Kier molecular flexibility index (Phi) is 7.49. The number of nitrogens with one attached hydrogen (secondary N) is 1. The molecule has 2 heteroatoms. The number of benzene rings is 1. The molecular formula is C28H41NO. The van der Waals surface area contributed by atoms with E-state index in [2.05, 4.69) is 56.1 Å². The van der Waals surface area contributed by atoms with Crippen molar-refractivity contribution in [1.29, 1.82) is 0 Å². The van der Waals surface area contributed by atoms with Crippen LogP contribution in [0.15, 0.2) is 36.9 Å². The summed E-state index contributed by atoms with van der Waals surface area (Å²) in [7, 11) is 0. The molecule has 0 bridgehead atoms. The summed E-state index contributed by atoms with van der Waals surface area (Å²) in [6, 6.07) is 7.74. The lowest BCUT2D eigenvalue weighted by Crippen LogP contribution is -2.38. The molecule has 164 valence electrons. The van der Waals surface area contributed by atoms with E-state index in [1.165, 1.54) is 60.8 Å². The Bertz CT molecular complexity index is 739. The molecule has 0 amide bonds. The lowest BCUT2D eigenvalue weighted by molar-refractivity contribution is 0.0773. The standard InChI is InChI=1S/C28H41NO/c1-20-9-11-24(17-20)28(19-29-25-13-15-30-16-14-25)27-18-21(2)10-12-26(27)22(3)23-7-5-4-6-8-23/h9-12,18,20,23-25,28-29H,3-8,13-17,19H2,1-2H3. The molecule has 1 saturated carbocycles. The summed E-state index contributed by atoms with van der Waals surface area (Å²) in [5.41, 5.74) is 5.75. The molecule has 0 radical (unpaired) electrons. The number of hydrogen-bond acceptors (Lipinski definition) is 2. The van der Waals surface area contributed by atoms with Gasteiger partial charge in [-0.1, -0.05) is 68.7 Å². The van der Waals surface area contributed by atoms with Crippen LogP contribution in [0.4, 0.5) is 0 Å². The molecule has 3 aliphatic rings. The Hall–Kier alpha value is -1.38. The highest BCUT2D eigenvalue weighted by atomic mass is 16.5. The van der Waals surface area contributed by atoms with Crippen molar-refractivity contribution < 1.29 is 4.74 Å². The molecule has 4 rings (SSSR count). The molecular weight excluding hydrogens is 366 g/mol. The van der Waals surface area contributed by atoms with Crippen LogP contribution in [-0.4, -0.2) is 25.8 Å². The van der Waals surface area contributed by atoms with E-state index in [4.69, 9.17) is 4.74 Å². The largest absolute Gasteiger partial charge is 0.381 e. The fourth-order valence-electron chi connectivity index (χ4n) is 5.86. The Labute approximate surface area is 184 Å². The molecule has 2 nitrogen and oxygen atoms in total. The second-order valence-corrected chi connectivity index (χ2v) is 10.1. The van der Waals surface area contributed by atoms with Crippen LogP contribution < -0.4 is 5.32 Å². The maximum absolute atomic E-state index is 5.58. The minimum Gasteiger partial charge on any atom is -0.381 e. The first-order valence-electron chi connectivity index (χ1n) is 12.4. The molecule has 1 heterocycles. The van der Waals surface area contributed by atoms with Gasteiger partial charge in [0.1, 0.15) is 0 Å². The number of ether oxygens (including phenoxy) is 1. The molecule has 3 atom stereocenters. The second kappa shape index (κ2) is 10.3. The molecule has 0 aromatic heterocycles. The quantitative estimate of drug-likeness (QED) is 0.511. The zero-order valence-electron chi connectivity index (χ0n) is 19.2. The Morgan fingerprint density at radius 3 is 2.57 bits per heavy atom. The van der Waals surface area contributed by atoms with E-state index in [-0.39, 0.29) is 0 Å². The molecule has 2 fully saturated rings. The van der Waals surface area contributed by atoms with Crippen molar-refractivity contribution in [3.63, 3.8) is 0 Å². The van der Waals surface area contributed by atoms with E-state index in [0.717, 1.165) is 32.6 Å². The van der Waals surface area contributed by atoms with Gasteiger partial charge in [-0.25, -0.2) is 0 Å². The van der Waals surface area contributed by atoms with E-state index < -0.39 is 0 Å². The monoisotopic (exact) mass is 407 g/mol. The third-order valence-electron chi connectivity index (χ3n) is 7.75. The van der Waals surface area contributed by atoms with Gasteiger partial charge in [-0.2, -0.15) is 0 Å². The molecule has 1 aromatic carbocycles. The van der Waals surface area contributed by atoms with Crippen molar-refractivity contribution in [2.45, 2.75) is 77.2 Å². The smallest absolute Gasteiger partial charge is 0.0480 e. The number of rotatable bonds is 7. The van der Waals surface area contributed by atoms with Gasteiger partial charge in [0, 0.05) is 31.7 Å². The predicted octanol–water partition coefficient (Wildman–Crippen LogP) is 6.65. The molecule has 1 aromatic rings. The normalized spacial score (nSPS) is 26.7. The summed E-state index contributed by atoms with van der Waals surface area (Å²) in [6.45, 7) is 12.1. The summed E-state index contributed by atoms with van der Waals surface area (Å²) in [6.07, 6.45) is 15.2. The lowest BCUT2D eigenvalue weighted by atomic mass is 9.76. The summed E-state index contributed by atoms with van der Waals surface area (Å²) < 4.78 is 5.58. The number of hydrogen-bond donors (Lipinski definition) is 1. The van der Waals surface area contributed by atoms with Gasteiger partial charge in [0.2, 0.25) is 0 Å². The van der Waals surface area contributed by atoms with Crippen LogP contribution in [0, 0.1) is 24.7 Å². The minimum absolute atomic E-state index is 0.518. The van der Waals surface area contributed by atoms with Crippen molar-refractivity contribution >= 4 is 5.57 Å². The minimum atomic E-state index is 0.518. The van der Waals surface area contributed by atoms with Gasteiger partial charge in [0.15, 0.2) is 0 Å². The summed E-state index contributed by atoms with van der Waals surface area (Å²) in [5, 5.41) is 3.93. The van der Waals surface area contributed by atoms with Crippen LogP contribution in [-0.2, 0) is 4.74 Å². The first-order valence-corrected chi connectivity index (χ1v) is 12.4. The van der Waals surface area contributed by atoms with Crippen molar-refractivity contribution in [3.05, 3.63) is 53.6 Å². The van der Waals surface area contributed by atoms with E-state index in [1.54, 1.807) is 0 Å². The van der Waals surface area contributed by atoms with Crippen LogP contribution >= 0.6 is 0 Å². The number of allylic oxidation sites excluding steroid dienone is 3. The molecule has 30 heavy (non-hydrogen) atoms. The molecule has 2 aliphatic carbocycles. The third-order valence-corrected chi connectivity index (χ3v) is 7.75. The fourth-order valence-corrected chi connectivity index (χ4v) is 5.86. The SMILES string of the molecule is C=C(c1ccc(C)cc1C(CNC1CCOCC1)C1C=CC(C)C1)C1CCCCC1. The van der Waals surface area contributed by atoms with E-state index in [0.29, 0.717) is 29.7 Å². The van der Waals surface area contributed by atoms with Gasteiger partial charge in [-0.3, -0.25) is 0 Å². The van der Waals surface area contributed by atoms with Gasteiger partial charge in [-0.15, -0.1) is 0 Å². The maximum Gasteiger partial charge on any atom is 0.0480 e. The Balaban J connectivity index is 1.60. The van der Waals surface area contributed by atoms with Crippen molar-refractivity contribution in [3.8, 4) is 0 Å². The molecule has 1 N–H and O–H groups in total.